The van der Waals surface area contributed by atoms with Crippen LogP contribution in [0.15, 0.2) is 5.16 Å². The lowest BCUT2D eigenvalue weighted by atomic mass is 10.1. The quantitative estimate of drug-likeness (QED) is 0.297. The summed E-state index contributed by atoms with van der Waals surface area (Å²) in [4.78, 5) is 2.27. The van der Waals surface area contributed by atoms with Gasteiger partial charge in [-0.3, -0.25) is 0 Å². The van der Waals surface area contributed by atoms with Crippen LogP contribution in [0.5, 0.6) is 0 Å². The van der Waals surface area contributed by atoms with Gasteiger partial charge in [-0.1, -0.05) is 18.5 Å². The van der Waals surface area contributed by atoms with Crippen molar-refractivity contribution in [2.75, 3.05) is 7.05 Å². The third-order valence-corrected chi connectivity index (χ3v) is 2.73. The van der Waals surface area contributed by atoms with Crippen molar-refractivity contribution in [2.24, 2.45) is 10.9 Å². The van der Waals surface area contributed by atoms with Crippen LogP contribution in [0.1, 0.15) is 40.0 Å². The molecule has 0 aromatic heterocycles. The van der Waals surface area contributed by atoms with Gasteiger partial charge in [0.2, 0.25) is 0 Å². The summed E-state index contributed by atoms with van der Waals surface area (Å²) >= 11 is 0. The summed E-state index contributed by atoms with van der Waals surface area (Å²) in [6.45, 7) is 6.47. The molecule has 3 N–H and O–H groups in total. The predicted octanol–water partition coefficient (Wildman–Crippen LogP) is 1.63. The highest BCUT2D eigenvalue weighted by atomic mass is 16.4. The summed E-state index contributed by atoms with van der Waals surface area (Å²) in [7, 11) is 2.08. The minimum absolute atomic E-state index is 0.299. The van der Waals surface area contributed by atoms with Crippen molar-refractivity contribution in [2.45, 2.75) is 52.1 Å². The van der Waals surface area contributed by atoms with Crippen LogP contribution in [0.25, 0.3) is 0 Å². The molecule has 0 amide bonds. The molecule has 0 aromatic carbocycles. The fraction of sp³-hybridized carbons (Fsp3) is 0.900. The first-order chi connectivity index (χ1) is 6.52. The van der Waals surface area contributed by atoms with Crippen molar-refractivity contribution in [3.63, 3.8) is 0 Å². The lowest BCUT2D eigenvalue weighted by Gasteiger charge is -2.30. The molecule has 0 aromatic rings. The van der Waals surface area contributed by atoms with Crippen molar-refractivity contribution in [1.82, 2.24) is 4.90 Å². The molecule has 84 valence electrons. The number of nitrogens with zero attached hydrogens (tertiary/aromatic N) is 2. The van der Waals surface area contributed by atoms with Crippen LogP contribution in [0.4, 0.5) is 0 Å². The molecule has 0 saturated heterocycles. The summed E-state index contributed by atoms with van der Waals surface area (Å²) in [5, 5.41) is 11.4. The first kappa shape index (κ1) is 13.2. The van der Waals surface area contributed by atoms with Gasteiger partial charge in [-0.2, -0.15) is 0 Å². The maximum absolute atomic E-state index is 8.45. The van der Waals surface area contributed by atoms with E-state index in [0.717, 1.165) is 0 Å². The molecule has 0 heterocycles. The molecule has 0 bridgehead atoms. The Morgan fingerprint density at radius 3 is 2.43 bits per heavy atom. The highest BCUT2D eigenvalue weighted by Gasteiger charge is 2.16. The molecule has 2 atom stereocenters. The maximum atomic E-state index is 8.45. The van der Waals surface area contributed by atoms with Crippen molar-refractivity contribution in [3.8, 4) is 0 Å². The molecule has 0 saturated carbocycles. The summed E-state index contributed by atoms with van der Waals surface area (Å²) in [5.74, 6) is 0.299. The van der Waals surface area contributed by atoms with E-state index in [-0.39, 0.29) is 0 Å². The highest BCUT2D eigenvalue weighted by Crippen LogP contribution is 2.10. The predicted molar refractivity (Wildman–Crippen MR) is 59.6 cm³/mol. The Hall–Kier alpha value is -0.770. The Kier molecular flexibility index (Phi) is 6.28. The highest BCUT2D eigenvalue weighted by molar-refractivity contribution is 5.80. The van der Waals surface area contributed by atoms with Crippen LogP contribution >= 0.6 is 0 Å². The Bertz CT molecular complexity index is 182. The van der Waals surface area contributed by atoms with Gasteiger partial charge in [0.15, 0.2) is 0 Å². The Morgan fingerprint density at radius 1 is 1.43 bits per heavy atom. The van der Waals surface area contributed by atoms with Crippen LogP contribution in [0.3, 0.4) is 0 Å². The van der Waals surface area contributed by atoms with Crippen molar-refractivity contribution in [3.05, 3.63) is 0 Å². The monoisotopic (exact) mass is 201 g/mol. The van der Waals surface area contributed by atoms with E-state index in [9.17, 15) is 0 Å². The van der Waals surface area contributed by atoms with E-state index >= 15 is 0 Å². The van der Waals surface area contributed by atoms with E-state index in [1.54, 1.807) is 0 Å². The zero-order chi connectivity index (χ0) is 11.1. The maximum Gasteiger partial charge on any atom is 0.140 e. The molecule has 0 fully saturated rings. The summed E-state index contributed by atoms with van der Waals surface area (Å²) < 4.78 is 0. The van der Waals surface area contributed by atoms with Gasteiger partial charge in [0.05, 0.1) is 0 Å². The molecule has 0 radical (unpaired) electrons. The molecular weight excluding hydrogens is 178 g/mol. The second-order valence-electron chi connectivity index (χ2n) is 3.95. The van der Waals surface area contributed by atoms with Crippen LogP contribution in [-0.2, 0) is 0 Å². The zero-order valence-electron chi connectivity index (χ0n) is 9.70. The van der Waals surface area contributed by atoms with Gasteiger partial charge >= 0.3 is 0 Å². The molecule has 2 unspecified atom stereocenters. The fourth-order valence-electron chi connectivity index (χ4n) is 1.54. The first-order valence-corrected chi connectivity index (χ1v) is 5.21. The minimum atomic E-state index is 0.299. The normalized spacial score (nSPS) is 17.1. The zero-order valence-corrected chi connectivity index (χ0v) is 9.70. The number of amidine groups is 1. The molecule has 0 aliphatic carbocycles. The second-order valence-corrected chi connectivity index (χ2v) is 3.95. The van der Waals surface area contributed by atoms with E-state index in [1.807, 2.05) is 0 Å². The average Bonchev–Trinajstić information content (AvgIpc) is 2.16. The molecule has 4 nitrogen and oxygen atoms in total. The summed E-state index contributed by atoms with van der Waals surface area (Å²) in [5.41, 5.74) is 5.46. The van der Waals surface area contributed by atoms with Crippen molar-refractivity contribution in [1.29, 1.82) is 0 Å². The smallest absolute Gasteiger partial charge is 0.140 e. The van der Waals surface area contributed by atoms with Crippen LogP contribution in [-0.4, -0.2) is 35.1 Å². The molecule has 0 aliphatic rings. The topological polar surface area (TPSA) is 61.8 Å². The molecule has 4 heteroatoms. The first-order valence-electron chi connectivity index (χ1n) is 5.21. The third-order valence-electron chi connectivity index (χ3n) is 2.73. The number of rotatable bonds is 6. The Labute approximate surface area is 86.8 Å². The molecule has 0 aliphatic heterocycles. The van der Waals surface area contributed by atoms with Gasteiger partial charge in [0, 0.05) is 18.5 Å². The van der Waals surface area contributed by atoms with E-state index < -0.39 is 0 Å². The average molecular weight is 201 g/mol. The lowest BCUT2D eigenvalue weighted by molar-refractivity contribution is 0.189. The fourth-order valence-corrected chi connectivity index (χ4v) is 1.54. The van der Waals surface area contributed by atoms with E-state index in [2.05, 4.69) is 37.9 Å². The molecule has 0 rings (SSSR count). The number of hydrogen-bond acceptors (Lipinski definition) is 3. The van der Waals surface area contributed by atoms with Gasteiger partial charge in [-0.05, 0) is 27.3 Å². The molecule has 0 spiro atoms. The van der Waals surface area contributed by atoms with Crippen LogP contribution in [0.2, 0.25) is 0 Å². The van der Waals surface area contributed by atoms with Gasteiger partial charge in [0.25, 0.3) is 0 Å². The number of hydrogen-bond donors (Lipinski definition) is 2. The van der Waals surface area contributed by atoms with Crippen LogP contribution < -0.4 is 5.73 Å². The van der Waals surface area contributed by atoms with Crippen molar-refractivity contribution < 1.29 is 5.21 Å². The van der Waals surface area contributed by atoms with E-state index in [4.69, 9.17) is 10.9 Å². The van der Waals surface area contributed by atoms with Crippen molar-refractivity contribution >= 4 is 5.84 Å². The number of nitrogens with two attached hydrogens (primary N) is 1. The standard InChI is InChI=1S/C10H23N3O/c1-5-6-8(2)13(4)9(3)7-10(11)12-14/h8-9,14H,5-7H2,1-4H3,(H2,11,12). The van der Waals surface area contributed by atoms with Gasteiger partial charge in [0.1, 0.15) is 5.84 Å². The molecule has 14 heavy (non-hydrogen) atoms. The van der Waals surface area contributed by atoms with Gasteiger partial charge in [-0.15, -0.1) is 0 Å². The van der Waals surface area contributed by atoms with Gasteiger partial charge < -0.3 is 15.8 Å². The van der Waals surface area contributed by atoms with Crippen LogP contribution in [0, 0.1) is 0 Å². The summed E-state index contributed by atoms with van der Waals surface area (Å²) in [6.07, 6.45) is 2.97. The Balaban J connectivity index is 4.03. The molecular formula is C10H23N3O. The largest absolute Gasteiger partial charge is 0.409 e. The lowest BCUT2D eigenvalue weighted by Crippen LogP contribution is -2.39. The second kappa shape index (κ2) is 6.65. The Morgan fingerprint density at radius 2 is 2.00 bits per heavy atom. The van der Waals surface area contributed by atoms with Gasteiger partial charge in [-0.25, -0.2) is 0 Å². The third kappa shape index (κ3) is 4.46. The SMILES string of the molecule is CCCC(C)N(C)C(C)CC(N)=NO. The summed E-state index contributed by atoms with van der Waals surface area (Å²) in [6, 6.07) is 0.856. The number of oxime groups is 1. The van der Waals surface area contributed by atoms with E-state index in [0.29, 0.717) is 24.3 Å². The minimum Gasteiger partial charge on any atom is -0.409 e. The van der Waals surface area contributed by atoms with E-state index in [1.165, 1.54) is 12.8 Å².